The van der Waals surface area contributed by atoms with Crippen molar-refractivity contribution in [3.63, 3.8) is 0 Å². The monoisotopic (exact) mass is 425 g/mol. The van der Waals surface area contributed by atoms with Gasteiger partial charge < -0.3 is 27.0 Å². The van der Waals surface area contributed by atoms with Crippen LogP contribution in [0.25, 0.3) is 16.5 Å². The molecule has 0 atom stereocenters. The van der Waals surface area contributed by atoms with Crippen LogP contribution in [0.5, 0.6) is 0 Å². The maximum absolute atomic E-state index is 7.53. The molecule has 1 saturated heterocycles. The van der Waals surface area contributed by atoms with Crippen molar-refractivity contribution in [2.75, 3.05) is 26.2 Å². The Morgan fingerprint density at radius 3 is 2.37 bits per heavy atom. The lowest BCUT2D eigenvalue weighted by molar-refractivity contribution is 0.225. The normalized spacial score (nSPS) is 14.2. The van der Waals surface area contributed by atoms with Gasteiger partial charge in [0.25, 0.3) is 5.95 Å². The molecule has 1 fully saturated rings. The van der Waals surface area contributed by atoms with E-state index in [1.54, 1.807) is 18.2 Å². The number of fused-ring (bicyclic) bond motifs is 1. The average molecular weight is 426 g/mol. The van der Waals surface area contributed by atoms with E-state index < -0.39 is 0 Å². The van der Waals surface area contributed by atoms with Gasteiger partial charge in [-0.3, -0.25) is 5.41 Å². The van der Waals surface area contributed by atoms with Gasteiger partial charge in [0.2, 0.25) is 0 Å². The summed E-state index contributed by atoms with van der Waals surface area (Å²) in [6, 6.07) is 5.29. The maximum atomic E-state index is 7.53. The van der Waals surface area contributed by atoms with Crippen LogP contribution < -0.4 is 17.2 Å². The van der Waals surface area contributed by atoms with Gasteiger partial charge in [-0.1, -0.05) is 30.8 Å². The molecule has 1 aromatic carbocycles. The Hall–Kier alpha value is -3.59. The van der Waals surface area contributed by atoms with E-state index >= 15 is 0 Å². The van der Waals surface area contributed by atoms with Crippen molar-refractivity contribution in [1.29, 1.82) is 5.41 Å². The van der Waals surface area contributed by atoms with E-state index in [4.69, 9.17) is 34.2 Å². The summed E-state index contributed by atoms with van der Waals surface area (Å²) >= 11 is 6.16. The summed E-state index contributed by atoms with van der Waals surface area (Å²) < 4.78 is 0. The van der Waals surface area contributed by atoms with Gasteiger partial charge in [0.15, 0.2) is 11.9 Å². The number of hydrogen-bond acceptors (Lipinski definition) is 5. The highest BCUT2D eigenvalue weighted by Gasteiger charge is 2.17. The second-order valence-electron chi connectivity index (χ2n) is 6.78. The largest absolute Gasteiger partial charge is 0.370 e. The Kier molecular flexibility index (Phi) is 6.22. The molecule has 0 amide bonds. The van der Waals surface area contributed by atoms with Crippen LogP contribution in [0, 0.1) is 5.41 Å². The molecule has 9 nitrogen and oxygen atoms in total. The number of benzene rings is 1. The number of nitrogens with one attached hydrogen (secondary N) is 1. The van der Waals surface area contributed by atoms with Crippen molar-refractivity contribution in [3.05, 3.63) is 59.9 Å². The fourth-order valence-electron chi connectivity index (χ4n) is 3.11. The molecular formula is C20H24ClN9. The summed E-state index contributed by atoms with van der Waals surface area (Å²) in [5, 5.41) is 8.83. The lowest BCUT2D eigenvalue weighted by atomic mass is 10.1. The van der Waals surface area contributed by atoms with Crippen molar-refractivity contribution in [2.45, 2.75) is 0 Å². The number of nitrogens with two attached hydrogens (primary N) is 3. The summed E-state index contributed by atoms with van der Waals surface area (Å²) in [6.45, 7) is 11.1. The predicted octanol–water partition coefficient (Wildman–Crippen LogP) is 1.78. The SMILES string of the molecule is C=C(/C=C\C(=C)N1CCN(C(=N)N)CC1)c1nc(N=C(N)N)nc2ccc(Cl)cc12. The number of guanidine groups is 2. The third-order valence-electron chi connectivity index (χ3n) is 4.68. The molecule has 0 aliphatic carbocycles. The van der Waals surface area contributed by atoms with Crippen LogP contribution in [0.3, 0.4) is 0 Å². The fraction of sp³-hybridized carbons (Fsp3) is 0.200. The zero-order valence-corrected chi connectivity index (χ0v) is 17.2. The first-order valence-corrected chi connectivity index (χ1v) is 9.59. The Bertz CT molecular complexity index is 1060. The van der Waals surface area contributed by atoms with Crippen LogP contribution >= 0.6 is 11.6 Å². The first-order chi connectivity index (χ1) is 14.2. The van der Waals surface area contributed by atoms with Crippen molar-refractivity contribution in [3.8, 4) is 0 Å². The van der Waals surface area contributed by atoms with Gasteiger partial charge in [0.05, 0.1) is 11.2 Å². The molecule has 2 aromatic rings. The standard InChI is InChI=1S/C20H24ClN9/c1-12(3-4-13(2)29-7-9-30(10-8-29)19(24)25)17-15-11-14(21)5-6-16(15)26-20(27-17)28-18(22)23/h3-6,11H,1-2,7-10H2,(H3,24,25)(H4,22,23,26,27,28)/b4-3-. The van der Waals surface area contributed by atoms with E-state index in [2.05, 4.69) is 33.0 Å². The molecule has 0 bridgehead atoms. The predicted molar refractivity (Wildman–Crippen MR) is 122 cm³/mol. The molecule has 30 heavy (non-hydrogen) atoms. The average Bonchev–Trinajstić information content (AvgIpc) is 2.71. The highest BCUT2D eigenvalue weighted by molar-refractivity contribution is 6.31. The Morgan fingerprint density at radius 1 is 1.07 bits per heavy atom. The summed E-state index contributed by atoms with van der Waals surface area (Å²) in [4.78, 5) is 16.7. The summed E-state index contributed by atoms with van der Waals surface area (Å²) in [5.74, 6) is 0.108. The molecule has 0 saturated carbocycles. The van der Waals surface area contributed by atoms with Gasteiger partial charge in [-0.2, -0.15) is 4.99 Å². The minimum absolute atomic E-state index is 0.0926. The first kappa shape index (κ1) is 21.1. The molecule has 2 heterocycles. The maximum Gasteiger partial charge on any atom is 0.253 e. The number of nitrogens with zero attached hydrogens (tertiary/aromatic N) is 5. The summed E-state index contributed by atoms with van der Waals surface area (Å²) in [6.07, 6.45) is 3.71. The molecule has 0 unspecified atom stereocenters. The van der Waals surface area contributed by atoms with Gasteiger partial charge in [0, 0.05) is 42.3 Å². The summed E-state index contributed by atoms with van der Waals surface area (Å²) in [5.41, 5.74) is 19.2. The second kappa shape index (κ2) is 8.83. The topological polar surface area (TPSA) is 147 Å². The smallest absolute Gasteiger partial charge is 0.253 e. The Labute approximate surface area is 179 Å². The molecule has 1 aliphatic heterocycles. The minimum atomic E-state index is -0.131. The lowest BCUT2D eigenvalue weighted by Gasteiger charge is -2.36. The van der Waals surface area contributed by atoms with Crippen LogP contribution in [-0.2, 0) is 0 Å². The van der Waals surface area contributed by atoms with E-state index in [9.17, 15) is 0 Å². The summed E-state index contributed by atoms with van der Waals surface area (Å²) in [7, 11) is 0. The van der Waals surface area contributed by atoms with E-state index in [0.29, 0.717) is 34.9 Å². The van der Waals surface area contributed by atoms with E-state index in [1.807, 2.05) is 17.1 Å². The molecule has 7 N–H and O–H groups in total. The van der Waals surface area contributed by atoms with Crippen molar-refractivity contribution in [1.82, 2.24) is 19.8 Å². The van der Waals surface area contributed by atoms with Crippen LogP contribution in [0.2, 0.25) is 5.02 Å². The van der Waals surface area contributed by atoms with E-state index in [0.717, 1.165) is 24.2 Å². The van der Waals surface area contributed by atoms with Gasteiger partial charge in [-0.05, 0) is 29.8 Å². The Balaban J connectivity index is 1.83. The molecule has 156 valence electrons. The van der Waals surface area contributed by atoms with Gasteiger partial charge in [0.1, 0.15) is 0 Å². The molecule has 0 radical (unpaired) electrons. The quantitative estimate of drug-likeness (QED) is 0.324. The fourth-order valence-corrected chi connectivity index (χ4v) is 3.29. The number of aliphatic imine (C=N–C) groups is 1. The molecule has 10 heteroatoms. The van der Waals surface area contributed by atoms with E-state index in [1.165, 1.54) is 0 Å². The van der Waals surface area contributed by atoms with Crippen LogP contribution in [0.4, 0.5) is 5.95 Å². The second-order valence-corrected chi connectivity index (χ2v) is 7.22. The Morgan fingerprint density at radius 2 is 1.73 bits per heavy atom. The van der Waals surface area contributed by atoms with Crippen molar-refractivity contribution in [2.24, 2.45) is 22.2 Å². The van der Waals surface area contributed by atoms with Gasteiger partial charge in [-0.15, -0.1) is 0 Å². The third kappa shape index (κ3) is 4.87. The molecule has 1 aliphatic rings. The van der Waals surface area contributed by atoms with Crippen LogP contribution in [0.1, 0.15) is 5.69 Å². The molecule has 0 spiro atoms. The number of aromatic nitrogens is 2. The third-order valence-corrected chi connectivity index (χ3v) is 4.92. The highest BCUT2D eigenvalue weighted by atomic mass is 35.5. The number of piperazine rings is 1. The minimum Gasteiger partial charge on any atom is -0.370 e. The lowest BCUT2D eigenvalue weighted by Crippen LogP contribution is -2.50. The van der Waals surface area contributed by atoms with Crippen LogP contribution in [-0.4, -0.2) is 57.9 Å². The number of hydrogen-bond donors (Lipinski definition) is 4. The van der Waals surface area contributed by atoms with Gasteiger partial charge >= 0.3 is 0 Å². The zero-order valence-electron chi connectivity index (χ0n) is 16.5. The van der Waals surface area contributed by atoms with Crippen LogP contribution in [0.15, 0.2) is 54.2 Å². The molecule has 3 rings (SSSR count). The molecular weight excluding hydrogens is 402 g/mol. The first-order valence-electron chi connectivity index (χ1n) is 9.21. The van der Waals surface area contributed by atoms with Crippen molar-refractivity contribution >= 4 is 45.9 Å². The number of halogens is 1. The highest BCUT2D eigenvalue weighted by Crippen LogP contribution is 2.27. The number of rotatable bonds is 5. The van der Waals surface area contributed by atoms with Crippen molar-refractivity contribution < 1.29 is 0 Å². The zero-order chi connectivity index (χ0) is 21.8. The number of allylic oxidation sites excluding steroid dienone is 3. The van der Waals surface area contributed by atoms with Gasteiger partial charge in [-0.25, -0.2) is 9.97 Å². The van der Waals surface area contributed by atoms with E-state index in [-0.39, 0.29) is 17.9 Å². The molecule has 1 aromatic heterocycles.